The lowest BCUT2D eigenvalue weighted by Gasteiger charge is -2.27. The molecule has 2 rings (SSSR count). The number of hydrogen-bond acceptors (Lipinski definition) is 3. The van der Waals surface area contributed by atoms with Crippen LogP contribution in [-0.2, 0) is 10.0 Å². The molecule has 4 nitrogen and oxygen atoms in total. The quantitative estimate of drug-likeness (QED) is 0.656. The lowest BCUT2D eigenvalue weighted by molar-refractivity contribution is 0.365. The van der Waals surface area contributed by atoms with Gasteiger partial charge in [0.15, 0.2) is 0 Å². The summed E-state index contributed by atoms with van der Waals surface area (Å²) in [6.45, 7) is 4.17. The first-order valence-corrected chi connectivity index (χ1v) is 9.65. The summed E-state index contributed by atoms with van der Waals surface area (Å²) in [7, 11) is -3.65. The molecule has 1 fully saturated rings. The summed E-state index contributed by atoms with van der Waals surface area (Å²) < 4.78 is 40.5. The van der Waals surface area contributed by atoms with Crippen LogP contribution in [0.15, 0.2) is 30.3 Å². The first-order chi connectivity index (χ1) is 11.6. The van der Waals surface area contributed by atoms with Crippen LogP contribution in [-0.4, -0.2) is 38.9 Å². The standard InChI is InChI=1S/C18H23FN2O2S/c1-2-3-4-5-6-7-18(16-8-10-17(19)11-9-16)24(22,23)21-14-12-20-13-15-21/h7-11,20H,2-4,12-15H2,1H3/b18-7+. The molecule has 6 heteroatoms. The second-order valence-corrected chi connectivity index (χ2v) is 7.50. The highest BCUT2D eigenvalue weighted by molar-refractivity contribution is 7.98. The molecule has 0 radical (unpaired) electrons. The normalized spacial score (nSPS) is 16.5. The predicted octanol–water partition coefficient (Wildman–Crippen LogP) is 2.60. The first-order valence-electron chi connectivity index (χ1n) is 8.21. The van der Waals surface area contributed by atoms with Gasteiger partial charge in [0.05, 0.1) is 4.91 Å². The van der Waals surface area contributed by atoms with Crippen LogP contribution < -0.4 is 5.32 Å². The fourth-order valence-electron chi connectivity index (χ4n) is 2.40. The van der Waals surface area contributed by atoms with Gasteiger partial charge in [-0.15, -0.1) is 0 Å². The molecule has 130 valence electrons. The number of nitrogens with zero attached hydrogens (tertiary/aromatic N) is 1. The third-order valence-corrected chi connectivity index (χ3v) is 5.74. The highest BCUT2D eigenvalue weighted by Crippen LogP contribution is 2.25. The molecule has 0 unspecified atom stereocenters. The van der Waals surface area contributed by atoms with E-state index in [1.165, 1.54) is 34.6 Å². The average molecular weight is 350 g/mol. The van der Waals surface area contributed by atoms with E-state index in [4.69, 9.17) is 0 Å². The Morgan fingerprint density at radius 2 is 1.96 bits per heavy atom. The van der Waals surface area contributed by atoms with E-state index in [0.29, 0.717) is 31.7 Å². The summed E-state index contributed by atoms with van der Waals surface area (Å²) in [5.41, 5.74) is 0.458. The van der Waals surface area contributed by atoms with Gasteiger partial charge in [0.1, 0.15) is 5.82 Å². The van der Waals surface area contributed by atoms with Gasteiger partial charge in [-0.2, -0.15) is 4.31 Å². The van der Waals surface area contributed by atoms with Crippen molar-refractivity contribution in [1.82, 2.24) is 9.62 Å². The molecule has 0 bridgehead atoms. The molecular weight excluding hydrogens is 327 g/mol. The van der Waals surface area contributed by atoms with Crippen molar-refractivity contribution in [1.29, 1.82) is 0 Å². The summed E-state index contributed by atoms with van der Waals surface area (Å²) in [5, 5.41) is 3.14. The molecule has 1 aliphatic heterocycles. The molecule has 0 saturated carbocycles. The van der Waals surface area contributed by atoms with Crippen molar-refractivity contribution in [3.05, 3.63) is 41.7 Å². The van der Waals surface area contributed by atoms with E-state index < -0.39 is 15.8 Å². The summed E-state index contributed by atoms with van der Waals surface area (Å²) in [6.07, 6.45) is 4.21. The van der Waals surface area contributed by atoms with E-state index in [1.807, 2.05) is 0 Å². The highest BCUT2D eigenvalue weighted by atomic mass is 32.2. The van der Waals surface area contributed by atoms with Crippen molar-refractivity contribution in [2.75, 3.05) is 26.2 Å². The van der Waals surface area contributed by atoms with E-state index >= 15 is 0 Å². The zero-order valence-electron chi connectivity index (χ0n) is 13.9. The van der Waals surface area contributed by atoms with Gasteiger partial charge in [0, 0.05) is 38.7 Å². The molecule has 1 aliphatic rings. The molecule has 0 aromatic heterocycles. The first kappa shape index (κ1) is 18.7. The second kappa shape index (κ2) is 8.97. The minimum atomic E-state index is -3.65. The van der Waals surface area contributed by atoms with Crippen molar-refractivity contribution in [2.45, 2.75) is 26.2 Å². The van der Waals surface area contributed by atoms with Gasteiger partial charge >= 0.3 is 0 Å². The molecule has 24 heavy (non-hydrogen) atoms. The number of piperazine rings is 1. The van der Waals surface area contributed by atoms with E-state index in [1.54, 1.807) is 0 Å². The van der Waals surface area contributed by atoms with Gasteiger partial charge in [0.25, 0.3) is 0 Å². The van der Waals surface area contributed by atoms with Crippen LogP contribution in [0.25, 0.3) is 4.91 Å². The Morgan fingerprint density at radius 3 is 2.58 bits per heavy atom. The Morgan fingerprint density at radius 1 is 1.29 bits per heavy atom. The fraction of sp³-hybridized carbons (Fsp3) is 0.444. The van der Waals surface area contributed by atoms with Gasteiger partial charge in [-0.25, -0.2) is 12.8 Å². The number of hydrogen-bond donors (Lipinski definition) is 1. The Hall–Kier alpha value is -1.68. The highest BCUT2D eigenvalue weighted by Gasteiger charge is 2.28. The molecule has 1 saturated heterocycles. The zero-order chi connectivity index (χ0) is 17.4. The van der Waals surface area contributed by atoms with Gasteiger partial charge < -0.3 is 5.32 Å². The number of sulfonamides is 1. The molecule has 0 spiro atoms. The van der Waals surface area contributed by atoms with Crippen LogP contribution in [0.1, 0.15) is 31.7 Å². The topological polar surface area (TPSA) is 49.4 Å². The van der Waals surface area contributed by atoms with Gasteiger partial charge in [-0.3, -0.25) is 0 Å². The van der Waals surface area contributed by atoms with E-state index in [-0.39, 0.29) is 4.91 Å². The van der Waals surface area contributed by atoms with E-state index in [0.717, 1.165) is 19.3 Å². The van der Waals surface area contributed by atoms with E-state index in [2.05, 4.69) is 24.1 Å². The maximum absolute atomic E-state index is 13.2. The summed E-state index contributed by atoms with van der Waals surface area (Å²) in [5.74, 6) is 5.43. The van der Waals surface area contributed by atoms with Gasteiger partial charge in [0.2, 0.25) is 10.0 Å². The smallest absolute Gasteiger partial charge is 0.244 e. The molecule has 0 amide bonds. The molecule has 1 N–H and O–H groups in total. The second-order valence-electron chi connectivity index (χ2n) is 5.59. The molecule has 1 aromatic carbocycles. The number of allylic oxidation sites excluding steroid dienone is 1. The molecule has 0 atom stereocenters. The van der Waals surface area contributed by atoms with Crippen molar-refractivity contribution in [3.63, 3.8) is 0 Å². The lowest BCUT2D eigenvalue weighted by Crippen LogP contribution is -2.46. The van der Waals surface area contributed by atoms with Crippen molar-refractivity contribution >= 4 is 14.9 Å². The van der Waals surface area contributed by atoms with Crippen molar-refractivity contribution in [2.24, 2.45) is 0 Å². The zero-order valence-corrected chi connectivity index (χ0v) is 14.7. The molecule has 1 heterocycles. The van der Waals surface area contributed by atoms with E-state index in [9.17, 15) is 12.8 Å². The fourth-order valence-corrected chi connectivity index (χ4v) is 3.98. The molecule has 1 aromatic rings. The van der Waals surface area contributed by atoms with Gasteiger partial charge in [-0.1, -0.05) is 37.3 Å². The number of rotatable bonds is 5. The van der Waals surface area contributed by atoms with Crippen molar-refractivity contribution in [3.8, 4) is 11.8 Å². The summed E-state index contributed by atoms with van der Waals surface area (Å²) in [4.78, 5) is 0.133. The van der Waals surface area contributed by atoms with Crippen molar-refractivity contribution < 1.29 is 12.8 Å². The number of unbranched alkanes of at least 4 members (excludes halogenated alkanes) is 2. The predicted molar refractivity (Wildman–Crippen MR) is 95.0 cm³/mol. The largest absolute Gasteiger partial charge is 0.314 e. The average Bonchev–Trinajstić information content (AvgIpc) is 2.60. The summed E-state index contributed by atoms with van der Waals surface area (Å²) >= 11 is 0. The van der Waals surface area contributed by atoms with Crippen LogP contribution >= 0.6 is 0 Å². The minimum absolute atomic E-state index is 0.133. The third-order valence-electron chi connectivity index (χ3n) is 3.78. The molecule has 0 aliphatic carbocycles. The number of halogens is 1. The Bertz CT molecular complexity index is 725. The van der Waals surface area contributed by atoms with Gasteiger partial charge in [-0.05, 0) is 24.1 Å². The summed E-state index contributed by atoms with van der Waals surface area (Å²) in [6, 6.07) is 5.49. The maximum atomic E-state index is 13.2. The van der Waals surface area contributed by atoms with Crippen LogP contribution in [0.5, 0.6) is 0 Å². The van der Waals surface area contributed by atoms with Crippen LogP contribution in [0, 0.1) is 17.7 Å². The molecular formula is C18H23FN2O2S. The van der Waals surface area contributed by atoms with Crippen LogP contribution in [0.3, 0.4) is 0 Å². The van der Waals surface area contributed by atoms with Crippen LogP contribution in [0.4, 0.5) is 4.39 Å². The lowest BCUT2D eigenvalue weighted by atomic mass is 10.2. The van der Waals surface area contributed by atoms with Crippen LogP contribution in [0.2, 0.25) is 0 Å². The number of benzene rings is 1. The Kier molecular flexibility index (Phi) is 6.98. The number of nitrogens with one attached hydrogen (secondary N) is 1. The monoisotopic (exact) mass is 350 g/mol. The Labute approximate surface area is 143 Å². The minimum Gasteiger partial charge on any atom is -0.314 e. The Balaban J connectivity index is 2.35. The maximum Gasteiger partial charge on any atom is 0.244 e. The SMILES string of the molecule is CCCCC#C/C=C(\c1ccc(F)cc1)S(=O)(=O)N1CCNCC1. The third kappa shape index (κ3) is 4.91.